The van der Waals surface area contributed by atoms with Crippen LogP contribution in [0.4, 0.5) is 5.69 Å². The zero-order chi connectivity index (χ0) is 19.1. The molecule has 1 aromatic heterocycles. The lowest BCUT2D eigenvalue weighted by atomic mass is 10.1. The highest BCUT2D eigenvalue weighted by molar-refractivity contribution is 6.08. The molecule has 0 saturated carbocycles. The molecule has 136 valence electrons. The number of hydrogen-bond donors (Lipinski definition) is 2. The van der Waals surface area contributed by atoms with Gasteiger partial charge in [0.25, 0.3) is 11.8 Å². The van der Waals surface area contributed by atoms with Crippen LogP contribution in [0.1, 0.15) is 32.1 Å². The number of nitrogens with zero attached hydrogens (tertiary/aromatic N) is 1. The van der Waals surface area contributed by atoms with Crippen molar-refractivity contribution in [2.24, 2.45) is 0 Å². The van der Waals surface area contributed by atoms with Gasteiger partial charge in [0.15, 0.2) is 0 Å². The Labute approximate surface area is 158 Å². The van der Waals surface area contributed by atoms with E-state index in [-0.39, 0.29) is 11.8 Å². The van der Waals surface area contributed by atoms with E-state index in [0.29, 0.717) is 23.5 Å². The molecule has 5 nitrogen and oxygen atoms in total. The molecular formula is C22H21N3O2. The Kier molecular flexibility index (Phi) is 5.94. The van der Waals surface area contributed by atoms with E-state index in [9.17, 15) is 9.59 Å². The molecule has 0 aliphatic heterocycles. The molecule has 5 heteroatoms. The van der Waals surface area contributed by atoms with E-state index in [1.165, 1.54) is 0 Å². The average Bonchev–Trinajstić information content (AvgIpc) is 2.69. The van der Waals surface area contributed by atoms with Gasteiger partial charge in [-0.2, -0.15) is 0 Å². The van der Waals surface area contributed by atoms with Gasteiger partial charge in [-0.1, -0.05) is 48.5 Å². The van der Waals surface area contributed by atoms with Crippen LogP contribution in [-0.4, -0.2) is 23.3 Å². The first kappa shape index (κ1) is 18.3. The molecule has 2 aromatic carbocycles. The van der Waals surface area contributed by atoms with Crippen molar-refractivity contribution in [3.8, 4) is 0 Å². The topological polar surface area (TPSA) is 71.1 Å². The predicted molar refractivity (Wildman–Crippen MR) is 106 cm³/mol. The summed E-state index contributed by atoms with van der Waals surface area (Å²) in [6.07, 6.45) is 0.744. The molecule has 0 aliphatic rings. The van der Waals surface area contributed by atoms with Gasteiger partial charge in [-0.15, -0.1) is 0 Å². The fourth-order valence-corrected chi connectivity index (χ4v) is 2.71. The summed E-state index contributed by atoms with van der Waals surface area (Å²) in [6, 6.07) is 22.1. The number of benzene rings is 2. The lowest BCUT2D eigenvalue weighted by Gasteiger charge is -2.11. The number of anilines is 1. The molecule has 3 aromatic rings. The van der Waals surface area contributed by atoms with E-state index in [2.05, 4.69) is 15.6 Å². The number of rotatable bonds is 6. The Morgan fingerprint density at radius 1 is 0.852 bits per heavy atom. The van der Waals surface area contributed by atoms with E-state index in [1.807, 2.05) is 43.3 Å². The third-order valence-electron chi connectivity index (χ3n) is 4.08. The standard InChI is InChI=1S/C22H21N3O2/c1-16-8-7-13-20(24-16)22(27)25-19-12-6-5-11-18(19)21(26)23-15-14-17-9-3-2-4-10-17/h2-13H,14-15H2,1H3,(H,23,26)(H,25,27). The molecule has 0 radical (unpaired) electrons. The Morgan fingerprint density at radius 2 is 1.59 bits per heavy atom. The average molecular weight is 359 g/mol. The van der Waals surface area contributed by atoms with Crippen LogP contribution in [0.15, 0.2) is 72.8 Å². The second-order valence-corrected chi connectivity index (χ2v) is 6.16. The van der Waals surface area contributed by atoms with Crippen LogP contribution in [0.5, 0.6) is 0 Å². The molecule has 27 heavy (non-hydrogen) atoms. The van der Waals surface area contributed by atoms with Crippen LogP contribution < -0.4 is 10.6 Å². The van der Waals surface area contributed by atoms with Crippen LogP contribution in [0, 0.1) is 6.92 Å². The number of carbonyl (C=O) groups is 2. The minimum Gasteiger partial charge on any atom is -0.352 e. The van der Waals surface area contributed by atoms with Crippen LogP contribution in [0.2, 0.25) is 0 Å². The van der Waals surface area contributed by atoms with Crippen molar-refractivity contribution in [2.75, 3.05) is 11.9 Å². The molecular weight excluding hydrogens is 338 g/mol. The summed E-state index contributed by atoms with van der Waals surface area (Å²) in [5.74, 6) is -0.567. The fourth-order valence-electron chi connectivity index (χ4n) is 2.71. The zero-order valence-electron chi connectivity index (χ0n) is 15.1. The monoisotopic (exact) mass is 359 g/mol. The normalized spacial score (nSPS) is 10.3. The molecule has 0 saturated heterocycles. The first-order valence-electron chi connectivity index (χ1n) is 8.79. The molecule has 0 spiro atoms. The van der Waals surface area contributed by atoms with Crippen molar-refractivity contribution in [3.63, 3.8) is 0 Å². The summed E-state index contributed by atoms with van der Waals surface area (Å²) < 4.78 is 0. The fraction of sp³-hybridized carbons (Fsp3) is 0.136. The third kappa shape index (κ3) is 5.01. The molecule has 0 atom stereocenters. The summed E-state index contributed by atoms with van der Waals surface area (Å²) in [5, 5.41) is 5.68. The molecule has 0 unspecified atom stereocenters. The maximum Gasteiger partial charge on any atom is 0.274 e. The maximum absolute atomic E-state index is 12.5. The van der Waals surface area contributed by atoms with E-state index in [0.717, 1.165) is 17.7 Å². The molecule has 0 aliphatic carbocycles. The zero-order valence-corrected chi connectivity index (χ0v) is 15.1. The number of hydrogen-bond acceptors (Lipinski definition) is 3. The molecule has 1 heterocycles. The minimum atomic E-state index is -0.344. The van der Waals surface area contributed by atoms with Gasteiger partial charge in [0.1, 0.15) is 5.69 Å². The lowest BCUT2D eigenvalue weighted by Crippen LogP contribution is -2.27. The van der Waals surface area contributed by atoms with Gasteiger partial charge >= 0.3 is 0 Å². The Hall–Kier alpha value is -3.47. The van der Waals surface area contributed by atoms with Crippen LogP contribution >= 0.6 is 0 Å². The smallest absolute Gasteiger partial charge is 0.274 e. The van der Waals surface area contributed by atoms with E-state index >= 15 is 0 Å². The molecule has 0 bridgehead atoms. The number of aryl methyl sites for hydroxylation is 1. The van der Waals surface area contributed by atoms with Gasteiger partial charge in [-0.05, 0) is 43.2 Å². The summed E-state index contributed by atoms with van der Waals surface area (Å²) in [4.78, 5) is 29.2. The Balaban J connectivity index is 1.66. The van der Waals surface area contributed by atoms with Crippen molar-refractivity contribution < 1.29 is 9.59 Å². The number of para-hydroxylation sites is 1. The largest absolute Gasteiger partial charge is 0.352 e. The highest BCUT2D eigenvalue weighted by Crippen LogP contribution is 2.16. The second-order valence-electron chi connectivity index (χ2n) is 6.16. The van der Waals surface area contributed by atoms with Crippen molar-refractivity contribution >= 4 is 17.5 Å². The summed E-state index contributed by atoms with van der Waals surface area (Å²) >= 11 is 0. The predicted octanol–water partition coefficient (Wildman–Crippen LogP) is 3.61. The Bertz CT molecular complexity index is 939. The summed E-state index contributed by atoms with van der Waals surface area (Å²) in [5.41, 5.74) is 3.11. The molecule has 0 fully saturated rings. The van der Waals surface area contributed by atoms with E-state index in [4.69, 9.17) is 0 Å². The van der Waals surface area contributed by atoms with Gasteiger partial charge in [0.2, 0.25) is 0 Å². The van der Waals surface area contributed by atoms with Crippen molar-refractivity contribution in [2.45, 2.75) is 13.3 Å². The first-order chi connectivity index (χ1) is 13.1. The van der Waals surface area contributed by atoms with Gasteiger partial charge in [-0.3, -0.25) is 9.59 Å². The SMILES string of the molecule is Cc1cccc(C(=O)Nc2ccccc2C(=O)NCCc2ccccc2)n1. The summed E-state index contributed by atoms with van der Waals surface area (Å²) in [6.45, 7) is 2.34. The highest BCUT2D eigenvalue weighted by Gasteiger charge is 2.14. The quantitative estimate of drug-likeness (QED) is 0.706. The third-order valence-corrected chi connectivity index (χ3v) is 4.08. The number of carbonyl (C=O) groups excluding carboxylic acids is 2. The van der Waals surface area contributed by atoms with Crippen molar-refractivity contribution in [3.05, 3.63) is 95.3 Å². The van der Waals surface area contributed by atoms with Gasteiger partial charge in [0, 0.05) is 12.2 Å². The second kappa shape index (κ2) is 8.76. The Morgan fingerprint density at radius 3 is 2.37 bits per heavy atom. The van der Waals surface area contributed by atoms with Crippen molar-refractivity contribution in [1.82, 2.24) is 10.3 Å². The van der Waals surface area contributed by atoms with Crippen LogP contribution in [0.25, 0.3) is 0 Å². The summed E-state index contributed by atoms with van der Waals surface area (Å²) in [7, 11) is 0. The maximum atomic E-state index is 12.5. The number of aromatic nitrogens is 1. The minimum absolute atomic E-state index is 0.223. The van der Waals surface area contributed by atoms with E-state index < -0.39 is 0 Å². The first-order valence-corrected chi connectivity index (χ1v) is 8.79. The highest BCUT2D eigenvalue weighted by atomic mass is 16.2. The van der Waals surface area contributed by atoms with Gasteiger partial charge in [0.05, 0.1) is 11.3 Å². The molecule has 2 N–H and O–H groups in total. The van der Waals surface area contributed by atoms with Crippen LogP contribution in [0.3, 0.4) is 0 Å². The van der Waals surface area contributed by atoms with Crippen molar-refractivity contribution in [1.29, 1.82) is 0 Å². The lowest BCUT2D eigenvalue weighted by molar-refractivity contribution is 0.0955. The van der Waals surface area contributed by atoms with Gasteiger partial charge < -0.3 is 10.6 Å². The number of pyridine rings is 1. The number of nitrogens with one attached hydrogen (secondary N) is 2. The van der Waals surface area contributed by atoms with Crippen LogP contribution in [-0.2, 0) is 6.42 Å². The van der Waals surface area contributed by atoms with E-state index in [1.54, 1.807) is 36.4 Å². The molecule has 2 amide bonds. The van der Waals surface area contributed by atoms with Gasteiger partial charge in [-0.25, -0.2) is 4.98 Å². The number of amides is 2. The molecule has 3 rings (SSSR count).